The molecule has 1 aliphatic rings. The number of alkyl halides is 3. The maximum atomic E-state index is 12.8. The van der Waals surface area contributed by atoms with Gasteiger partial charge in [-0.2, -0.15) is 18.3 Å². The molecule has 0 unspecified atom stereocenters. The van der Waals surface area contributed by atoms with Crippen LogP contribution in [0.15, 0.2) is 42.7 Å². The number of ether oxygens (including phenoxy) is 1. The summed E-state index contributed by atoms with van der Waals surface area (Å²) < 4.78 is 45.2. The number of carbonyl (C=O) groups excluding carboxylic acids is 1. The quantitative estimate of drug-likeness (QED) is 0.752. The van der Waals surface area contributed by atoms with E-state index in [1.54, 1.807) is 23.1 Å². The first-order valence-electron chi connectivity index (χ1n) is 8.71. The number of nitrogens with one attached hydrogen (secondary N) is 2. The van der Waals surface area contributed by atoms with Gasteiger partial charge in [-0.25, -0.2) is 0 Å². The van der Waals surface area contributed by atoms with Crippen LogP contribution in [0.25, 0.3) is 0 Å². The van der Waals surface area contributed by atoms with Crippen molar-refractivity contribution >= 4 is 5.91 Å². The second-order valence-corrected chi connectivity index (χ2v) is 6.36. The van der Waals surface area contributed by atoms with Crippen molar-refractivity contribution in [2.75, 3.05) is 26.2 Å². The molecule has 0 bridgehead atoms. The Morgan fingerprint density at radius 3 is 2.74 bits per heavy atom. The summed E-state index contributed by atoms with van der Waals surface area (Å²) in [5, 5.41) is 10.3. The van der Waals surface area contributed by atoms with Gasteiger partial charge in [-0.15, -0.1) is 0 Å². The fraction of sp³-hybridized carbons (Fsp3) is 0.444. The van der Waals surface area contributed by atoms with Crippen LogP contribution in [0, 0.1) is 0 Å². The summed E-state index contributed by atoms with van der Waals surface area (Å²) in [5.41, 5.74) is -1.53. The van der Waals surface area contributed by atoms with Gasteiger partial charge < -0.3 is 15.4 Å². The Bertz CT molecular complexity index is 756. The van der Waals surface area contributed by atoms with Crippen molar-refractivity contribution in [3.8, 4) is 5.75 Å². The van der Waals surface area contributed by atoms with Crippen molar-refractivity contribution in [2.24, 2.45) is 0 Å². The third-order valence-corrected chi connectivity index (χ3v) is 4.61. The summed E-state index contributed by atoms with van der Waals surface area (Å²) in [5.74, 6) is -0.0527. The Morgan fingerprint density at radius 1 is 1.30 bits per heavy atom. The average Bonchev–Trinajstić information content (AvgIpc) is 3.20. The van der Waals surface area contributed by atoms with E-state index < -0.39 is 17.3 Å². The molecule has 0 saturated carbocycles. The molecule has 0 aliphatic carbocycles. The Balaban J connectivity index is 1.56. The lowest BCUT2D eigenvalue weighted by atomic mass is 9.87. The van der Waals surface area contributed by atoms with Crippen molar-refractivity contribution in [3.05, 3.63) is 48.3 Å². The summed E-state index contributed by atoms with van der Waals surface area (Å²) in [7, 11) is 0. The van der Waals surface area contributed by atoms with Crippen LogP contribution in [0.3, 0.4) is 0 Å². The van der Waals surface area contributed by atoms with Crippen LogP contribution in [-0.2, 0) is 16.5 Å². The Labute approximate surface area is 154 Å². The fourth-order valence-electron chi connectivity index (χ4n) is 3.18. The van der Waals surface area contributed by atoms with E-state index in [-0.39, 0.29) is 24.8 Å². The van der Waals surface area contributed by atoms with Crippen LogP contribution in [0.2, 0.25) is 0 Å². The van der Waals surface area contributed by atoms with Crippen LogP contribution < -0.4 is 15.4 Å². The number of benzene rings is 1. The van der Waals surface area contributed by atoms with Crippen LogP contribution in [0.5, 0.6) is 5.75 Å². The van der Waals surface area contributed by atoms with Gasteiger partial charge >= 0.3 is 6.18 Å². The van der Waals surface area contributed by atoms with E-state index in [0.29, 0.717) is 25.9 Å². The van der Waals surface area contributed by atoms with E-state index in [9.17, 15) is 18.0 Å². The molecule has 0 spiro atoms. The number of carbonyl (C=O) groups is 1. The van der Waals surface area contributed by atoms with Crippen LogP contribution >= 0.6 is 0 Å². The molecule has 1 amide bonds. The third kappa shape index (κ3) is 4.41. The van der Waals surface area contributed by atoms with Gasteiger partial charge in [0, 0.05) is 12.4 Å². The Hall–Kier alpha value is -2.55. The highest BCUT2D eigenvalue weighted by molar-refractivity contribution is 5.84. The van der Waals surface area contributed by atoms with Crippen molar-refractivity contribution in [1.29, 1.82) is 0 Å². The minimum absolute atomic E-state index is 0.0699. The number of hydrogen-bond donors (Lipinski definition) is 2. The molecule has 146 valence electrons. The van der Waals surface area contributed by atoms with E-state index in [1.807, 2.05) is 0 Å². The maximum absolute atomic E-state index is 12.8. The lowest BCUT2D eigenvalue weighted by Gasteiger charge is -2.36. The van der Waals surface area contributed by atoms with Crippen LogP contribution in [0.1, 0.15) is 18.4 Å². The van der Waals surface area contributed by atoms with Crippen LogP contribution in [0.4, 0.5) is 13.2 Å². The number of amides is 1. The van der Waals surface area contributed by atoms with E-state index in [2.05, 4.69) is 15.7 Å². The van der Waals surface area contributed by atoms with E-state index in [0.717, 1.165) is 12.1 Å². The molecular weight excluding hydrogens is 361 g/mol. The van der Waals surface area contributed by atoms with Crippen LogP contribution in [-0.4, -0.2) is 41.9 Å². The van der Waals surface area contributed by atoms with Crippen molar-refractivity contribution in [3.63, 3.8) is 0 Å². The van der Waals surface area contributed by atoms with Crippen molar-refractivity contribution in [1.82, 2.24) is 20.4 Å². The zero-order chi connectivity index (χ0) is 19.3. The van der Waals surface area contributed by atoms with E-state index >= 15 is 0 Å². The molecule has 0 radical (unpaired) electrons. The Kier molecular flexibility index (Phi) is 5.69. The van der Waals surface area contributed by atoms with E-state index in [4.69, 9.17) is 4.74 Å². The maximum Gasteiger partial charge on any atom is 0.416 e. The molecule has 2 aromatic rings. The number of nitrogens with zero attached hydrogens (tertiary/aromatic N) is 2. The van der Waals surface area contributed by atoms with Gasteiger partial charge in [0.05, 0.1) is 12.1 Å². The highest BCUT2D eigenvalue weighted by atomic mass is 19.4. The van der Waals surface area contributed by atoms with Gasteiger partial charge in [-0.1, -0.05) is 6.07 Å². The van der Waals surface area contributed by atoms with Gasteiger partial charge in [-0.3, -0.25) is 9.48 Å². The molecule has 6 nitrogen and oxygen atoms in total. The Morgan fingerprint density at radius 2 is 2.07 bits per heavy atom. The standard InChI is InChI=1S/C18H21F3N4O2/c19-18(20,21)14-3-1-4-15(13-14)27-12-10-23-16(26)17(5-8-22-9-6-17)25-11-2-7-24-25/h1-4,7,11,13,22H,5-6,8-10,12H2,(H,23,26). The highest BCUT2D eigenvalue weighted by Crippen LogP contribution is 2.31. The van der Waals surface area contributed by atoms with Crippen molar-refractivity contribution < 1.29 is 22.7 Å². The first-order valence-corrected chi connectivity index (χ1v) is 8.71. The third-order valence-electron chi connectivity index (χ3n) is 4.61. The molecular formula is C18H21F3N4O2. The zero-order valence-electron chi connectivity index (χ0n) is 14.6. The predicted octanol–water partition coefficient (Wildman–Crippen LogP) is 2.18. The summed E-state index contributed by atoms with van der Waals surface area (Å²) in [6, 6.07) is 6.45. The second-order valence-electron chi connectivity index (χ2n) is 6.36. The van der Waals surface area contributed by atoms with Gasteiger partial charge in [0.2, 0.25) is 5.91 Å². The largest absolute Gasteiger partial charge is 0.492 e. The first-order chi connectivity index (χ1) is 12.9. The molecule has 2 N–H and O–H groups in total. The summed E-state index contributed by atoms with van der Waals surface area (Å²) >= 11 is 0. The number of hydrogen-bond acceptors (Lipinski definition) is 4. The monoisotopic (exact) mass is 382 g/mol. The molecule has 1 aromatic heterocycles. The molecule has 1 fully saturated rings. The topological polar surface area (TPSA) is 68.2 Å². The first kappa shape index (κ1) is 19.2. The molecule has 0 atom stereocenters. The number of rotatable bonds is 6. The normalized spacial score (nSPS) is 16.7. The smallest absolute Gasteiger partial charge is 0.416 e. The molecule has 2 heterocycles. The predicted molar refractivity (Wildman–Crippen MR) is 92.3 cm³/mol. The minimum atomic E-state index is -4.42. The van der Waals surface area contributed by atoms with Gasteiger partial charge in [0.1, 0.15) is 17.9 Å². The van der Waals surface area contributed by atoms with Crippen molar-refractivity contribution in [2.45, 2.75) is 24.6 Å². The minimum Gasteiger partial charge on any atom is -0.492 e. The number of aromatic nitrogens is 2. The van der Waals surface area contributed by atoms with Gasteiger partial charge in [0.25, 0.3) is 0 Å². The molecule has 3 rings (SSSR count). The zero-order valence-corrected chi connectivity index (χ0v) is 14.6. The highest BCUT2D eigenvalue weighted by Gasteiger charge is 2.41. The number of piperidine rings is 1. The van der Waals surface area contributed by atoms with Gasteiger partial charge in [0.15, 0.2) is 0 Å². The summed E-state index contributed by atoms with van der Waals surface area (Å²) in [6.07, 6.45) is 0.195. The SMILES string of the molecule is O=C(NCCOc1cccc(C(F)(F)F)c1)C1(n2cccn2)CCNCC1. The molecule has 1 aliphatic heterocycles. The average molecular weight is 382 g/mol. The summed E-state index contributed by atoms with van der Waals surface area (Å²) in [6.45, 7) is 1.66. The number of halogens is 3. The second kappa shape index (κ2) is 7.99. The fourth-order valence-corrected chi connectivity index (χ4v) is 3.18. The molecule has 9 heteroatoms. The lowest BCUT2D eigenvalue weighted by molar-refractivity contribution is -0.137. The van der Waals surface area contributed by atoms with Gasteiger partial charge in [-0.05, 0) is 50.2 Å². The molecule has 1 aromatic carbocycles. The van der Waals surface area contributed by atoms with E-state index in [1.165, 1.54) is 12.1 Å². The molecule has 1 saturated heterocycles. The summed E-state index contributed by atoms with van der Waals surface area (Å²) in [4.78, 5) is 12.8. The lowest BCUT2D eigenvalue weighted by Crippen LogP contribution is -2.55. The molecule has 27 heavy (non-hydrogen) atoms.